The SMILES string of the molecule is CCCc1ccc2c(c1)CCC1C2CCC2(C)C(CCC)CCC12. The lowest BCUT2D eigenvalue weighted by atomic mass is 9.54. The van der Waals surface area contributed by atoms with Gasteiger partial charge in [-0.15, -0.1) is 0 Å². The van der Waals surface area contributed by atoms with E-state index in [-0.39, 0.29) is 0 Å². The van der Waals surface area contributed by atoms with Crippen LogP contribution in [0.4, 0.5) is 0 Å². The highest BCUT2D eigenvalue weighted by atomic mass is 14.6. The molecule has 132 valence electrons. The second kappa shape index (κ2) is 6.50. The molecule has 0 saturated heterocycles. The molecule has 3 aliphatic carbocycles. The first-order valence-electron chi connectivity index (χ1n) is 10.8. The quantitative estimate of drug-likeness (QED) is 0.564. The van der Waals surface area contributed by atoms with Gasteiger partial charge in [-0.2, -0.15) is 0 Å². The molecule has 0 radical (unpaired) electrons. The number of hydrogen-bond acceptors (Lipinski definition) is 0. The van der Waals surface area contributed by atoms with E-state index in [0.717, 1.165) is 23.7 Å². The number of aryl methyl sites for hydroxylation is 2. The van der Waals surface area contributed by atoms with Gasteiger partial charge in [-0.05, 0) is 90.7 Å². The Kier molecular flexibility index (Phi) is 4.52. The van der Waals surface area contributed by atoms with Crippen molar-refractivity contribution >= 4 is 0 Å². The second-order valence-corrected chi connectivity index (χ2v) is 9.31. The van der Waals surface area contributed by atoms with Crippen molar-refractivity contribution in [3.05, 3.63) is 34.9 Å². The summed E-state index contributed by atoms with van der Waals surface area (Å²) < 4.78 is 0. The highest BCUT2D eigenvalue weighted by Gasteiger charge is 2.54. The molecular formula is C24H36. The normalized spacial score (nSPS) is 37.6. The summed E-state index contributed by atoms with van der Waals surface area (Å²) >= 11 is 0. The molecule has 2 saturated carbocycles. The molecule has 1 aromatic rings. The molecule has 0 nitrogen and oxygen atoms in total. The Labute approximate surface area is 149 Å². The van der Waals surface area contributed by atoms with Crippen LogP contribution in [0.5, 0.6) is 0 Å². The topological polar surface area (TPSA) is 0 Å². The van der Waals surface area contributed by atoms with Gasteiger partial charge < -0.3 is 0 Å². The van der Waals surface area contributed by atoms with Crippen LogP contribution in [-0.2, 0) is 12.8 Å². The summed E-state index contributed by atoms with van der Waals surface area (Å²) in [5.74, 6) is 3.89. The molecule has 0 spiro atoms. The van der Waals surface area contributed by atoms with Crippen molar-refractivity contribution < 1.29 is 0 Å². The van der Waals surface area contributed by atoms with Gasteiger partial charge in [0.25, 0.3) is 0 Å². The summed E-state index contributed by atoms with van der Waals surface area (Å²) in [7, 11) is 0. The molecule has 24 heavy (non-hydrogen) atoms. The Balaban J connectivity index is 1.60. The first-order chi connectivity index (χ1) is 11.7. The smallest absolute Gasteiger partial charge is 0.0128 e. The molecule has 2 fully saturated rings. The van der Waals surface area contributed by atoms with Crippen molar-refractivity contribution in [1.29, 1.82) is 0 Å². The zero-order chi connectivity index (χ0) is 16.7. The van der Waals surface area contributed by atoms with Gasteiger partial charge in [0.1, 0.15) is 0 Å². The molecule has 5 atom stereocenters. The molecule has 0 heteroatoms. The van der Waals surface area contributed by atoms with Gasteiger partial charge in [0.05, 0.1) is 0 Å². The van der Waals surface area contributed by atoms with E-state index < -0.39 is 0 Å². The second-order valence-electron chi connectivity index (χ2n) is 9.31. The number of fused-ring (bicyclic) bond motifs is 5. The maximum atomic E-state index is 2.67. The third-order valence-corrected chi connectivity index (χ3v) is 8.16. The minimum Gasteiger partial charge on any atom is -0.0654 e. The maximum absolute atomic E-state index is 2.67. The first-order valence-corrected chi connectivity index (χ1v) is 10.8. The fourth-order valence-corrected chi connectivity index (χ4v) is 7.01. The van der Waals surface area contributed by atoms with Gasteiger partial charge in [0.2, 0.25) is 0 Å². The number of benzene rings is 1. The van der Waals surface area contributed by atoms with Crippen molar-refractivity contribution in [1.82, 2.24) is 0 Å². The summed E-state index contributed by atoms with van der Waals surface area (Å²) in [5.41, 5.74) is 5.68. The van der Waals surface area contributed by atoms with E-state index in [1.807, 2.05) is 0 Å². The summed E-state index contributed by atoms with van der Waals surface area (Å²) in [6, 6.07) is 7.52. The van der Waals surface area contributed by atoms with Crippen molar-refractivity contribution in [2.45, 2.75) is 90.9 Å². The van der Waals surface area contributed by atoms with E-state index in [1.54, 1.807) is 16.7 Å². The predicted molar refractivity (Wildman–Crippen MR) is 103 cm³/mol. The predicted octanol–water partition coefficient (Wildman–Crippen LogP) is 6.91. The molecule has 3 aliphatic rings. The van der Waals surface area contributed by atoms with Crippen LogP contribution >= 0.6 is 0 Å². The molecule has 1 aromatic carbocycles. The largest absolute Gasteiger partial charge is 0.0654 e. The van der Waals surface area contributed by atoms with E-state index in [4.69, 9.17) is 0 Å². The number of rotatable bonds is 4. The van der Waals surface area contributed by atoms with E-state index in [1.165, 1.54) is 64.2 Å². The van der Waals surface area contributed by atoms with Crippen LogP contribution in [0.25, 0.3) is 0 Å². The van der Waals surface area contributed by atoms with Gasteiger partial charge in [-0.3, -0.25) is 0 Å². The number of hydrogen-bond donors (Lipinski definition) is 0. The molecule has 0 bridgehead atoms. The molecule has 0 N–H and O–H groups in total. The van der Waals surface area contributed by atoms with Gasteiger partial charge in [0.15, 0.2) is 0 Å². The van der Waals surface area contributed by atoms with Crippen LogP contribution in [0.15, 0.2) is 18.2 Å². The van der Waals surface area contributed by atoms with Crippen LogP contribution < -0.4 is 0 Å². The molecular weight excluding hydrogens is 288 g/mol. The highest BCUT2D eigenvalue weighted by molar-refractivity contribution is 5.38. The maximum Gasteiger partial charge on any atom is -0.0128 e. The van der Waals surface area contributed by atoms with Crippen LogP contribution in [0, 0.1) is 23.2 Å². The van der Waals surface area contributed by atoms with Crippen LogP contribution in [0.3, 0.4) is 0 Å². The monoisotopic (exact) mass is 324 g/mol. The van der Waals surface area contributed by atoms with Crippen molar-refractivity contribution in [3.8, 4) is 0 Å². The van der Waals surface area contributed by atoms with Gasteiger partial charge in [-0.25, -0.2) is 0 Å². The summed E-state index contributed by atoms with van der Waals surface area (Å²) in [4.78, 5) is 0. The van der Waals surface area contributed by atoms with Crippen LogP contribution in [0.1, 0.15) is 94.7 Å². The molecule has 0 amide bonds. The zero-order valence-electron chi connectivity index (χ0n) is 16.1. The lowest BCUT2D eigenvalue weighted by molar-refractivity contribution is 0.0257. The average molecular weight is 325 g/mol. The Bertz CT molecular complexity index is 586. The fourth-order valence-electron chi connectivity index (χ4n) is 7.01. The molecule has 0 aromatic heterocycles. The van der Waals surface area contributed by atoms with Gasteiger partial charge in [0, 0.05) is 0 Å². The van der Waals surface area contributed by atoms with E-state index in [9.17, 15) is 0 Å². The molecule has 5 unspecified atom stereocenters. The Morgan fingerprint density at radius 3 is 2.71 bits per heavy atom. The summed E-state index contributed by atoms with van der Waals surface area (Å²) in [6.07, 6.45) is 14.2. The average Bonchev–Trinajstić information content (AvgIpc) is 2.92. The minimum atomic E-state index is 0.664. The molecule has 4 rings (SSSR count). The van der Waals surface area contributed by atoms with E-state index in [2.05, 4.69) is 39.0 Å². The Morgan fingerprint density at radius 2 is 1.92 bits per heavy atom. The molecule has 0 aliphatic heterocycles. The zero-order valence-corrected chi connectivity index (χ0v) is 16.1. The fraction of sp³-hybridized carbons (Fsp3) is 0.750. The molecule has 0 heterocycles. The van der Waals surface area contributed by atoms with Gasteiger partial charge >= 0.3 is 0 Å². The lowest BCUT2D eigenvalue weighted by Crippen LogP contribution is -2.42. The summed E-state index contributed by atoms with van der Waals surface area (Å²) in [5, 5.41) is 0. The minimum absolute atomic E-state index is 0.664. The standard InChI is InChI=1S/C24H36/c1-4-6-17-8-11-20-18(16-17)9-12-22-21(20)14-15-24(3)19(7-5-2)10-13-23(22)24/h8,11,16,19,21-23H,4-7,9-10,12-15H2,1-3H3. The van der Waals surface area contributed by atoms with Crippen molar-refractivity contribution in [3.63, 3.8) is 0 Å². The van der Waals surface area contributed by atoms with Crippen LogP contribution in [0.2, 0.25) is 0 Å². The van der Waals surface area contributed by atoms with Crippen molar-refractivity contribution in [2.24, 2.45) is 23.2 Å². The lowest BCUT2D eigenvalue weighted by Gasteiger charge is -2.51. The Hall–Kier alpha value is -0.780. The van der Waals surface area contributed by atoms with E-state index >= 15 is 0 Å². The van der Waals surface area contributed by atoms with Crippen molar-refractivity contribution in [2.75, 3.05) is 0 Å². The third kappa shape index (κ3) is 2.56. The van der Waals surface area contributed by atoms with E-state index in [0.29, 0.717) is 5.41 Å². The third-order valence-electron chi connectivity index (χ3n) is 8.16. The first kappa shape index (κ1) is 16.7. The summed E-state index contributed by atoms with van der Waals surface area (Å²) in [6.45, 7) is 7.35. The van der Waals surface area contributed by atoms with Gasteiger partial charge in [-0.1, -0.05) is 58.2 Å². The highest BCUT2D eigenvalue weighted by Crippen LogP contribution is 2.63. The Morgan fingerprint density at radius 1 is 1.04 bits per heavy atom. The van der Waals surface area contributed by atoms with Crippen LogP contribution in [-0.4, -0.2) is 0 Å².